The molecule has 0 radical (unpaired) electrons. The molecule has 0 saturated carbocycles. The fourth-order valence-electron chi connectivity index (χ4n) is 3.34. The molecule has 27 heavy (non-hydrogen) atoms. The molecule has 2 N–H and O–H groups in total. The average Bonchev–Trinajstić information content (AvgIpc) is 3.08. The summed E-state index contributed by atoms with van der Waals surface area (Å²) >= 11 is 0. The van der Waals surface area contributed by atoms with Crippen molar-refractivity contribution in [1.82, 2.24) is 4.98 Å². The van der Waals surface area contributed by atoms with Crippen LogP contribution in [-0.2, 0) is 4.79 Å². The van der Waals surface area contributed by atoms with Gasteiger partial charge >= 0.3 is 0 Å². The number of hydrogen-bond acceptors (Lipinski definition) is 1. The number of hydrogen-bond donors (Lipinski definition) is 2. The number of aromatic amines is 1. The van der Waals surface area contributed by atoms with Crippen LogP contribution in [0.5, 0.6) is 0 Å². The molecule has 0 unspecified atom stereocenters. The number of H-pyrrole nitrogens is 1. The first-order chi connectivity index (χ1) is 13.2. The predicted octanol–water partition coefficient (Wildman–Crippen LogP) is 5.97. The van der Waals surface area contributed by atoms with Crippen LogP contribution in [0.25, 0.3) is 33.6 Å². The molecule has 0 aliphatic heterocycles. The standard InChI is InChI=1S/C24H20N2O/c1-17(27)25-24-21(18-11-5-2-6-12-18)22(19-13-7-3-8-14-19)26-23(24)20-15-9-4-10-16-20/h2-16,26H,1H3,(H,25,27). The van der Waals surface area contributed by atoms with E-state index in [2.05, 4.69) is 34.6 Å². The third-order valence-electron chi connectivity index (χ3n) is 4.49. The number of rotatable bonds is 4. The number of nitrogens with one attached hydrogen (secondary N) is 2. The zero-order valence-electron chi connectivity index (χ0n) is 15.1. The summed E-state index contributed by atoms with van der Waals surface area (Å²) in [4.78, 5) is 15.6. The molecule has 1 heterocycles. The molecule has 3 heteroatoms. The topological polar surface area (TPSA) is 44.9 Å². The third kappa shape index (κ3) is 3.40. The Morgan fingerprint density at radius 2 is 1.11 bits per heavy atom. The lowest BCUT2D eigenvalue weighted by molar-refractivity contribution is -0.114. The lowest BCUT2D eigenvalue weighted by Crippen LogP contribution is -2.07. The fourth-order valence-corrected chi connectivity index (χ4v) is 3.34. The van der Waals surface area contributed by atoms with Crippen molar-refractivity contribution < 1.29 is 4.79 Å². The monoisotopic (exact) mass is 352 g/mol. The molecule has 132 valence electrons. The first-order valence-corrected chi connectivity index (χ1v) is 8.94. The molecule has 1 aromatic heterocycles. The van der Waals surface area contributed by atoms with Crippen molar-refractivity contribution in [2.45, 2.75) is 6.92 Å². The van der Waals surface area contributed by atoms with E-state index in [1.807, 2.05) is 66.7 Å². The largest absolute Gasteiger partial charge is 0.352 e. The summed E-state index contributed by atoms with van der Waals surface area (Å²) in [5.41, 5.74) is 6.85. The van der Waals surface area contributed by atoms with E-state index in [9.17, 15) is 4.79 Å². The summed E-state index contributed by atoms with van der Waals surface area (Å²) < 4.78 is 0. The van der Waals surface area contributed by atoms with Crippen molar-refractivity contribution in [2.75, 3.05) is 5.32 Å². The van der Waals surface area contributed by atoms with Crippen molar-refractivity contribution in [2.24, 2.45) is 0 Å². The summed E-state index contributed by atoms with van der Waals surface area (Å²) in [5.74, 6) is -0.0945. The Hall–Kier alpha value is -3.59. The maximum Gasteiger partial charge on any atom is 0.221 e. The molecule has 4 aromatic rings. The van der Waals surface area contributed by atoms with Crippen LogP contribution in [0, 0.1) is 0 Å². The van der Waals surface area contributed by atoms with Crippen molar-refractivity contribution in [3.05, 3.63) is 91.0 Å². The second-order valence-corrected chi connectivity index (χ2v) is 6.40. The molecule has 3 aromatic carbocycles. The van der Waals surface area contributed by atoms with Gasteiger partial charge in [-0.25, -0.2) is 0 Å². The maximum absolute atomic E-state index is 12.0. The molecule has 0 aliphatic carbocycles. The van der Waals surface area contributed by atoms with Crippen LogP contribution in [0.3, 0.4) is 0 Å². The summed E-state index contributed by atoms with van der Waals surface area (Å²) in [6.07, 6.45) is 0. The third-order valence-corrected chi connectivity index (χ3v) is 4.49. The number of anilines is 1. The molecule has 0 atom stereocenters. The van der Waals surface area contributed by atoms with Gasteiger partial charge in [-0.05, 0) is 11.1 Å². The molecule has 4 rings (SSSR count). The van der Waals surface area contributed by atoms with E-state index < -0.39 is 0 Å². The minimum Gasteiger partial charge on any atom is -0.352 e. The van der Waals surface area contributed by atoms with Crippen molar-refractivity contribution in [1.29, 1.82) is 0 Å². The van der Waals surface area contributed by atoms with E-state index in [0.29, 0.717) is 0 Å². The fraction of sp³-hybridized carbons (Fsp3) is 0.0417. The quantitative estimate of drug-likeness (QED) is 0.467. The molecule has 0 bridgehead atoms. The van der Waals surface area contributed by atoms with Gasteiger partial charge in [-0.2, -0.15) is 0 Å². The summed E-state index contributed by atoms with van der Waals surface area (Å²) in [7, 11) is 0. The van der Waals surface area contributed by atoms with Gasteiger partial charge < -0.3 is 10.3 Å². The first kappa shape index (κ1) is 16.9. The van der Waals surface area contributed by atoms with E-state index >= 15 is 0 Å². The number of carbonyl (C=O) groups is 1. The summed E-state index contributed by atoms with van der Waals surface area (Å²) in [6.45, 7) is 1.54. The molecule has 0 fully saturated rings. The van der Waals surface area contributed by atoms with E-state index in [1.165, 1.54) is 0 Å². The van der Waals surface area contributed by atoms with Gasteiger partial charge in [0.2, 0.25) is 5.91 Å². The minimum absolute atomic E-state index is 0.0945. The second-order valence-electron chi connectivity index (χ2n) is 6.40. The SMILES string of the molecule is CC(=O)Nc1c(-c2ccccc2)[nH]c(-c2ccccc2)c1-c1ccccc1. The predicted molar refractivity (Wildman–Crippen MR) is 111 cm³/mol. The van der Waals surface area contributed by atoms with Gasteiger partial charge in [0.15, 0.2) is 0 Å². The van der Waals surface area contributed by atoms with Crippen molar-refractivity contribution in [3.8, 4) is 33.6 Å². The number of benzene rings is 3. The van der Waals surface area contributed by atoms with Gasteiger partial charge in [-0.3, -0.25) is 4.79 Å². The van der Waals surface area contributed by atoms with Crippen LogP contribution in [0.4, 0.5) is 5.69 Å². The zero-order valence-corrected chi connectivity index (χ0v) is 15.1. The zero-order chi connectivity index (χ0) is 18.6. The van der Waals surface area contributed by atoms with E-state index in [1.54, 1.807) is 6.92 Å². The maximum atomic E-state index is 12.0. The van der Waals surface area contributed by atoms with Crippen LogP contribution in [0.15, 0.2) is 91.0 Å². The Morgan fingerprint density at radius 3 is 1.59 bits per heavy atom. The Bertz CT molecular complexity index is 1050. The van der Waals surface area contributed by atoms with Crippen LogP contribution < -0.4 is 5.32 Å². The highest BCUT2D eigenvalue weighted by molar-refractivity contribution is 6.05. The lowest BCUT2D eigenvalue weighted by atomic mass is 9.99. The number of amides is 1. The van der Waals surface area contributed by atoms with Gasteiger partial charge in [-0.15, -0.1) is 0 Å². The molecule has 0 saturated heterocycles. The summed E-state index contributed by atoms with van der Waals surface area (Å²) in [6, 6.07) is 30.4. The van der Waals surface area contributed by atoms with Gasteiger partial charge in [0.25, 0.3) is 0 Å². The molecular weight excluding hydrogens is 332 g/mol. The van der Waals surface area contributed by atoms with Gasteiger partial charge in [-0.1, -0.05) is 91.0 Å². The Kier molecular flexibility index (Phi) is 4.58. The smallest absolute Gasteiger partial charge is 0.221 e. The van der Waals surface area contributed by atoms with Crippen molar-refractivity contribution in [3.63, 3.8) is 0 Å². The summed E-state index contributed by atoms with van der Waals surface area (Å²) in [5, 5.41) is 3.06. The Morgan fingerprint density at radius 1 is 0.667 bits per heavy atom. The van der Waals surface area contributed by atoms with Crippen LogP contribution >= 0.6 is 0 Å². The molecular formula is C24H20N2O. The molecule has 1 amide bonds. The Balaban J connectivity index is 2.04. The first-order valence-electron chi connectivity index (χ1n) is 8.94. The van der Waals surface area contributed by atoms with E-state index in [4.69, 9.17) is 0 Å². The van der Waals surface area contributed by atoms with Crippen molar-refractivity contribution >= 4 is 11.6 Å². The Labute approximate surface area is 158 Å². The second kappa shape index (κ2) is 7.34. The van der Waals surface area contributed by atoms with E-state index in [0.717, 1.165) is 39.3 Å². The van der Waals surface area contributed by atoms with Crippen LogP contribution in [0.2, 0.25) is 0 Å². The van der Waals surface area contributed by atoms with Gasteiger partial charge in [0, 0.05) is 18.1 Å². The number of carbonyl (C=O) groups excluding carboxylic acids is 1. The molecule has 0 spiro atoms. The van der Waals surface area contributed by atoms with Crippen LogP contribution in [0.1, 0.15) is 6.92 Å². The van der Waals surface area contributed by atoms with Crippen LogP contribution in [-0.4, -0.2) is 10.9 Å². The number of aromatic nitrogens is 1. The highest BCUT2D eigenvalue weighted by Gasteiger charge is 2.21. The molecule has 0 aliphatic rings. The lowest BCUT2D eigenvalue weighted by Gasteiger charge is -2.10. The minimum atomic E-state index is -0.0945. The molecule has 3 nitrogen and oxygen atoms in total. The average molecular weight is 352 g/mol. The van der Waals surface area contributed by atoms with Gasteiger partial charge in [0.05, 0.1) is 17.1 Å². The highest BCUT2D eigenvalue weighted by atomic mass is 16.1. The normalized spacial score (nSPS) is 10.6. The highest BCUT2D eigenvalue weighted by Crippen LogP contribution is 2.44. The van der Waals surface area contributed by atoms with Gasteiger partial charge in [0.1, 0.15) is 0 Å². The van der Waals surface area contributed by atoms with E-state index in [-0.39, 0.29) is 5.91 Å².